The standard InChI is InChI=1S/C19H28N4O3/c1-22-9-8-20-17(22)15-13(5-11-26-15)21-18(24)23-12-19(6-3-7-19)16(23)14-4-2-10-25-14/h8-9,13-16H,2-7,10-12H2,1H3,(H,21,24)/t13-,14?,15-,16?/m0/s1. The predicted octanol–water partition coefficient (Wildman–Crippen LogP) is 1.99. The third-order valence-corrected chi connectivity index (χ3v) is 6.89. The Labute approximate surface area is 154 Å². The molecule has 3 saturated heterocycles. The molecule has 0 bridgehead atoms. The van der Waals surface area contributed by atoms with Crippen LogP contribution in [0.4, 0.5) is 4.79 Å². The van der Waals surface area contributed by atoms with E-state index >= 15 is 0 Å². The molecule has 0 radical (unpaired) electrons. The first kappa shape index (κ1) is 16.6. The highest BCUT2D eigenvalue weighted by Crippen LogP contribution is 2.55. The molecule has 2 amide bonds. The average Bonchev–Trinajstić information content (AvgIpc) is 3.27. The maximum absolute atomic E-state index is 13.1. The fourth-order valence-electron chi connectivity index (χ4n) is 5.36. The first-order valence-corrected chi connectivity index (χ1v) is 9.95. The Morgan fingerprint density at radius 2 is 2.15 bits per heavy atom. The fourth-order valence-corrected chi connectivity index (χ4v) is 5.36. The minimum atomic E-state index is -0.168. The van der Waals surface area contributed by atoms with Crippen molar-refractivity contribution in [2.24, 2.45) is 12.5 Å². The lowest BCUT2D eigenvalue weighted by molar-refractivity contribution is -0.148. The molecular weight excluding hydrogens is 332 g/mol. The summed E-state index contributed by atoms with van der Waals surface area (Å²) in [7, 11) is 1.96. The third kappa shape index (κ3) is 2.47. The van der Waals surface area contributed by atoms with Gasteiger partial charge >= 0.3 is 6.03 Å². The lowest BCUT2D eigenvalue weighted by Gasteiger charge is -2.63. The Kier molecular flexibility index (Phi) is 3.97. The number of urea groups is 1. The second kappa shape index (κ2) is 6.23. The highest BCUT2D eigenvalue weighted by molar-refractivity contribution is 5.76. The smallest absolute Gasteiger partial charge is 0.318 e. The minimum Gasteiger partial charge on any atom is -0.376 e. The number of aryl methyl sites for hydroxylation is 1. The number of likely N-dealkylation sites (tertiary alicyclic amines) is 1. The summed E-state index contributed by atoms with van der Waals surface area (Å²) in [4.78, 5) is 19.5. The van der Waals surface area contributed by atoms with Gasteiger partial charge in [-0.3, -0.25) is 0 Å². The highest BCUT2D eigenvalue weighted by Gasteiger charge is 2.60. The molecule has 0 aromatic carbocycles. The highest BCUT2D eigenvalue weighted by atomic mass is 16.5. The lowest BCUT2D eigenvalue weighted by Crippen LogP contribution is -2.74. The van der Waals surface area contributed by atoms with E-state index in [9.17, 15) is 4.79 Å². The maximum Gasteiger partial charge on any atom is 0.318 e. The van der Waals surface area contributed by atoms with Crippen molar-refractivity contribution in [2.75, 3.05) is 19.8 Å². The van der Waals surface area contributed by atoms with Crippen LogP contribution in [0.15, 0.2) is 12.4 Å². The molecule has 7 nitrogen and oxygen atoms in total. The van der Waals surface area contributed by atoms with Crippen molar-refractivity contribution < 1.29 is 14.3 Å². The van der Waals surface area contributed by atoms with Gasteiger partial charge in [-0.15, -0.1) is 0 Å². The van der Waals surface area contributed by atoms with Crippen molar-refractivity contribution in [3.63, 3.8) is 0 Å². The van der Waals surface area contributed by atoms with E-state index in [1.807, 2.05) is 22.7 Å². The van der Waals surface area contributed by atoms with Gasteiger partial charge in [0.15, 0.2) is 0 Å². The van der Waals surface area contributed by atoms with E-state index in [4.69, 9.17) is 9.47 Å². The van der Waals surface area contributed by atoms with Crippen LogP contribution in [0.25, 0.3) is 0 Å². The van der Waals surface area contributed by atoms with Crippen LogP contribution in [0.5, 0.6) is 0 Å². The number of carbonyl (C=O) groups excluding carboxylic acids is 1. The fraction of sp³-hybridized carbons (Fsp3) is 0.789. The average molecular weight is 360 g/mol. The van der Waals surface area contributed by atoms with E-state index in [0.717, 1.165) is 38.2 Å². The number of amides is 2. The first-order chi connectivity index (χ1) is 12.7. The molecule has 4 fully saturated rings. The molecule has 1 aromatic heterocycles. The van der Waals surface area contributed by atoms with E-state index in [1.54, 1.807) is 6.20 Å². The van der Waals surface area contributed by atoms with Crippen LogP contribution < -0.4 is 5.32 Å². The zero-order valence-corrected chi connectivity index (χ0v) is 15.4. The summed E-state index contributed by atoms with van der Waals surface area (Å²) in [6.07, 6.45) is 10.5. The zero-order chi connectivity index (χ0) is 17.7. The number of aromatic nitrogens is 2. The van der Waals surface area contributed by atoms with Crippen molar-refractivity contribution >= 4 is 6.03 Å². The van der Waals surface area contributed by atoms with Gasteiger partial charge in [0.25, 0.3) is 0 Å². The van der Waals surface area contributed by atoms with E-state index in [2.05, 4.69) is 10.3 Å². The Bertz CT molecular complexity index is 680. The number of rotatable bonds is 3. The number of nitrogens with zero attached hydrogens (tertiary/aromatic N) is 3. The van der Waals surface area contributed by atoms with Crippen LogP contribution in [0, 0.1) is 5.41 Å². The second-order valence-electron chi connectivity index (χ2n) is 8.37. The van der Waals surface area contributed by atoms with Gasteiger partial charge in [-0.25, -0.2) is 9.78 Å². The maximum atomic E-state index is 13.1. The van der Waals surface area contributed by atoms with Gasteiger partial charge < -0.3 is 24.3 Å². The van der Waals surface area contributed by atoms with Crippen LogP contribution in [-0.4, -0.2) is 58.4 Å². The van der Waals surface area contributed by atoms with Gasteiger partial charge in [-0.05, 0) is 32.1 Å². The molecule has 4 aliphatic rings. The summed E-state index contributed by atoms with van der Waals surface area (Å²) >= 11 is 0. The monoisotopic (exact) mass is 360 g/mol. The molecule has 26 heavy (non-hydrogen) atoms. The van der Waals surface area contributed by atoms with Crippen LogP contribution in [0.1, 0.15) is 50.5 Å². The molecule has 1 saturated carbocycles. The van der Waals surface area contributed by atoms with Gasteiger partial charge in [0.1, 0.15) is 11.9 Å². The lowest BCUT2D eigenvalue weighted by atomic mass is 9.56. The van der Waals surface area contributed by atoms with Gasteiger partial charge in [0.2, 0.25) is 0 Å². The Morgan fingerprint density at radius 1 is 1.27 bits per heavy atom. The summed E-state index contributed by atoms with van der Waals surface area (Å²) < 4.78 is 13.8. The zero-order valence-electron chi connectivity index (χ0n) is 15.4. The molecule has 1 spiro atoms. The van der Waals surface area contributed by atoms with E-state index in [0.29, 0.717) is 12.0 Å². The van der Waals surface area contributed by atoms with Gasteiger partial charge in [0, 0.05) is 44.6 Å². The van der Waals surface area contributed by atoms with Crippen molar-refractivity contribution in [2.45, 2.75) is 62.8 Å². The molecule has 4 heterocycles. The van der Waals surface area contributed by atoms with Crippen LogP contribution in [0.2, 0.25) is 0 Å². The molecule has 4 atom stereocenters. The quantitative estimate of drug-likeness (QED) is 0.895. The molecule has 1 aliphatic carbocycles. The normalized spacial score (nSPS) is 35.3. The Morgan fingerprint density at radius 3 is 2.81 bits per heavy atom. The molecular formula is C19H28N4O3. The number of nitrogens with one attached hydrogen (secondary N) is 1. The van der Waals surface area contributed by atoms with Crippen molar-refractivity contribution in [1.29, 1.82) is 0 Å². The molecule has 2 unspecified atom stereocenters. The number of hydrogen-bond acceptors (Lipinski definition) is 4. The van der Waals surface area contributed by atoms with Crippen LogP contribution in [-0.2, 0) is 16.5 Å². The summed E-state index contributed by atoms with van der Waals surface area (Å²) in [6, 6.07) is 0.275. The third-order valence-electron chi connectivity index (χ3n) is 6.89. The minimum absolute atomic E-state index is 0.0216. The number of imidazole rings is 1. The Hall–Kier alpha value is -1.60. The van der Waals surface area contributed by atoms with Gasteiger partial charge in [-0.2, -0.15) is 0 Å². The summed E-state index contributed by atoms with van der Waals surface area (Å²) in [5, 5.41) is 3.24. The largest absolute Gasteiger partial charge is 0.376 e. The molecule has 1 N–H and O–H groups in total. The molecule has 3 aliphatic heterocycles. The van der Waals surface area contributed by atoms with E-state index < -0.39 is 0 Å². The molecule has 1 aromatic rings. The first-order valence-electron chi connectivity index (χ1n) is 9.95. The SMILES string of the molecule is Cn1ccnc1[C@H]1OCC[C@@H]1NC(=O)N1CC2(CCC2)C1C1CCCO1. The predicted molar refractivity (Wildman–Crippen MR) is 94.6 cm³/mol. The van der Waals surface area contributed by atoms with E-state index in [1.165, 1.54) is 19.3 Å². The number of carbonyl (C=O) groups is 1. The van der Waals surface area contributed by atoms with Gasteiger partial charge in [0.05, 0.1) is 18.2 Å². The molecule has 142 valence electrons. The summed E-state index contributed by atoms with van der Waals surface area (Å²) in [5.41, 5.74) is 0.331. The van der Waals surface area contributed by atoms with Crippen LogP contribution >= 0.6 is 0 Å². The second-order valence-corrected chi connectivity index (χ2v) is 8.37. The van der Waals surface area contributed by atoms with Gasteiger partial charge in [-0.1, -0.05) is 6.42 Å². The number of ether oxygens (including phenoxy) is 2. The molecule has 7 heteroatoms. The van der Waals surface area contributed by atoms with E-state index in [-0.39, 0.29) is 30.3 Å². The van der Waals surface area contributed by atoms with Crippen molar-refractivity contribution in [3.05, 3.63) is 18.2 Å². The summed E-state index contributed by atoms with van der Waals surface area (Å²) in [6.45, 7) is 2.37. The van der Waals surface area contributed by atoms with Crippen molar-refractivity contribution in [3.8, 4) is 0 Å². The van der Waals surface area contributed by atoms with Crippen molar-refractivity contribution in [1.82, 2.24) is 19.8 Å². The Balaban J connectivity index is 1.28. The summed E-state index contributed by atoms with van der Waals surface area (Å²) in [5.74, 6) is 0.877. The van der Waals surface area contributed by atoms with Crippen LogP contribution in [0.3, 0.4) is 0 Å². The molecule has 5 rings (SSSR count). The topological polar surface area (TPSA) is 68.6 Å². The number of hydrogen-bond donors (Lipinski definition) is 1.